The zero-order chi connectivity index (χ0) is 17.8. The molecule has 2 aromatic carbocycles. The van der Waals surface area contributed by atoms with Gasteiger partial charge in [-0.25, -0.2) is 0 Å². The summed E-state index contributed by atoms with van der Waals surface area (Å²) >= 11 is 0. The lowest BCUT2D eigenvalue weighted by molar-refractivity contribution is 0.0878. The first-order chi connectivity index (χ1) is 12.8. The lowest BCUT2D eigenvalue weighted by Gasteiger charge is -2.27. The average molecular weight is 357 g/mol. The van der Waals surface area contributed by atoms with Gasteiger partial charge in [0.1, 0.15) is 12.7 Å². The van der Waals surface area contributed by atoms with Gasteiger partial charge in [0.05, 0.1) is 6.61 Å². The van der Waals surface area contributed by atoms with Gasteiger partial charge in [0.25, 0.3) is 0 Å². The summed E-state index contributed by atoms with van der Waals surface area (Å²) in [5.74, 6) is 3.78. The minimum atomic E-state index is 0.0104. The SMILES string of the molecule is CC(CCOc1cccc2c1OCO2)NCC1COc2ccccc2O1. The molecule has 2 aromatic rings. The number of para-hydroxylation sites is 3. The van der Waals surface area contributed by atoms with Crippen LogP contribution in [0.3, 0.4) is 0 Å². The number of benzene rings is 2. The maximum atomic E-state index is 5.96. The van der Waals surface area contributed by atoms with Gasteiger partial charge in [0, 0.05) is 12.6 Å². The molecule has 0 fully saturated rings. The van der Waals surface area contributed by atoms with Gasteiger partial charge in [-0.05, 0) is 37.6 Å². The molecule has 0 spiro atoms. The van der Waals surface area contributed by atoms with Crippen molar-refractivity contribution in [2.45, 2.75) is 25.5 Å². The summed E-state index contributed by atoms with van der Waals surface area (Å²) in [4.78, 5) is 0. The van der Waals surface area contributed by atoms with Crippen molar-refractivity contribution < 1.29 is 23.7 Å². The third-order valence-corrected chi connectivity index (χ3v) is 4.43. The predicted octanol–water partition coefficient (Wildman–Crippen LogP) is 3.00. The number of ether oxygens (including phenoxy) is 5. The fraction of sp³-hybridized carbons (Fsp3) is 0.400. The molecule has 0 radical (unpaired) electrons. The molecule has 6 heteroatoms. The smallest absolute Gasteiger partial charge is 0.231 e. The molecule has 2 unspecified atom stereocenters. The highest BCUT2D eigenvalue weighted by Gasteiger charge is 2.21. The Labute approximate surface area is 153 Å². The van der Waals surface area contributed by atoms with Crippen molar-refractivity contribution in [2.24, 2.45) is 0 Å². The second kappa shape index (κ2) is 7.74. The Morgan fingerprint density at radius 1 is 1.04 bits per heavy atom. The van der Waals surface area contributed by atoms with Gasteiger partial charge in [0.2, 0.25) is 12.5 Å². The summed E-state index contributed by atoms with van der Waals surface area (Å²) in [6, 6.07) is 13.7. The largest absolute Gasteiger partial charge is 0.489 e. The van der Waals surface area contributed by atoms with Gasteiger partial charge < -0.3 is 29.0 Å². The van der Waals surface area contributed by atoms with Crippen LogP contribution < -0.4 is 29.0 Å². The molecule has 0 aromatic heterocycles. The fourth-order valence-corrected chi connectivity index (χ4v) is 2.96. The molecule has 1 N–H and O–H groups in total. The molecule has 0 saturated carbocycles. The van der Waals surface area contributed by atoms with Crippen molar-refractivity contribution in [3.63, 3.8) is 0 Å². The maximum Gasteiger partial charge on any atom is 0.231 e. The summed E-state index contributed by atoms with van der Waals surface area (Å²) in [7, 11) is 0. The van der Waals surface area contributed by atoms with E-state index in [4.69, 9.17) is 23.7 Å². The molecule has 4 rings (SSSR count). The molecule has 0 aliphatic carbocycles. The van der Waals surface area contributed by atoms with Gasteiger partial charge in [-0.3, -0.25) is 0 Å². The summed E-state index contributed by atoms with van der Waals surface area (Å²) < 4.78 is 28.4. The Morgan fingerprint density at radius 2 is 1.88 bits per heavy atom. The Hall–Kier alpha value is -2.60. The number of hydrogen-bond acceptors (Lipinski definition) is 6. The molecule has 0 saturated heterocycles. The van der Waals surface area contributed by atoms with E-state index in [0.717, 1.165) is 36.0 Å². The van der Waals surface area contributed by atoms with Gasteiger partial charge in [0.15, 0.2) is 23.0 Å². The Kier molecular flexibility index (Phi) is 5.02. The van der Waals surface area contributed by atoms with Gasteiger partial charge >= 0.3 is 0 Å². The van der Waals surface area contributed by atoms with Crippen molar-refractivity contribution in [2.75, 3.05) is 26.6 Å². The van der Waals surface area contributed by atoms with E-state index >= 15 is 0 Å². The van der Waals surface area contributed by atoms with E-state index in [0.29, 0.717) is 25.0 Å². The van der Waals surface area contributed by atoms with E-state index in [9.17, 15) is 0 Å². The van der Waals surface area contributed by atoms with E-state index in [1.54, 1.807) is 0 Å². The Balaban J connectivity index is 1.19. The van der Waals surface area contributed by atoms with E-state index in [-0.39, 0.29) is 12.9 Å². The van der Waals surface area contributed by atoms with E-state index in [1.165, 1.54) is 0 Å². The van der Waals surface area contributed by atoms with Crippen LogP contribution in [0, 0.1) is 0 Å². The highest BCUT2D eigenvalue weighted by molar-refractivity contribution is 5.52. The van der Waals surface area contributed by atoms with Gasteiger partial charge in [-0.2, -0.15) is 0 Å². The summed E-state index contributed by atoms with van der Waals surface area (Å²) in [5, 5.41) is 3.48. The van der Waals surface area contributed by atoms with E-state index in [2.05, 4.69) is 12.2 Å². The normalized spacial score (nSPS) is 18.4. The topological polar surface area (TPSA) is 58.2 Å². The Bertz CT molecular complexity index is 751. The summed E-state index contributed by atoms with van der Waals surface area (Å²) in [6.45, 7) is 4.27. The van der Waals surface area contributed by atoms with Crippen molar-refractivity contribution in [1.29, 1.82) is 0 Å². The lowest BCUT2D eigenvalue weighted by atomic mass is 10.2. The quantitative estimate of drug-likeness (QED) is 0.822. The maximum absolute atomic E-state index is 5.96. The Morgan fingerprint density at radius 3 is 2.81 bits per heavy atom. The lowest BCUT2D eigenvalue weighted by Crippen LogP contribution is -2.41. The van der Waals surface area contributed by atoms with Gasteiger partial charge in [-0.15, -0.1) is 0 Å². The van der Waals surface area contributed by atoms with Crippen LogP contribution in [0.5, 0.6) is 28.7 Å². The number of fused-ring (bicyclic) bond motifs is 2. The first-order valence-electron chi connectivity index (χ1n) is 8.93. The molecule has 2 atom stereocenters. The molecule has 2 aliphatic heterocycles. The van der Waals surface area contributed by atoms with Crippen molar-refractivity contribution in [1.82, 2.24) is 5.32 Å². The molecule has 2 aliphatic rings. The van der Waals surface area contributed by atoms with Crippen LogP contribution in [-0.4, -0.2) is 38.7 Å². The monoisotopic (exact) mass is 357 g/mol. The number of nitrogens with one attached hydrogen (secondary N) is 1. The molecular weight excluding hydrogens is 334 g/mol. The molecule has 0 amide bonds. The van der Waals surface area contributed by atoms with Crippen LogP contribution in [0.4, 0.5) is 0 Å². The zero-order valence-electron chi connectivity index (χ0n) is 14.8. The minimum Gasteiger partial charge on any atom is -0.489 e. The average Bonchev–Trinajstić information content (AvgIpc) is 3.16. The van der Waals surface area contributed by atoms with E-state index in [1.807, 2.05) is 42.5 Å². The zero-order valence-corrected chi connectivity index (χ0v) is 14.8. The fourth-order valence-electron chi connectivity index (χ4n) is 2.96. The third kappa shape index (κ3) is 3.80. The summed E-state index contributed by atoms with van der Waals surface area (Å²) in [5.41, 5.74) is 0. The van der Waals surface area contributed by atoms with E-state index < -0.39 is 0 Å². The molecule has 26 heavy (non-hydrogen) atoms. The number of rotatable bonds is 7. The van der Waals surface area contributed by atoms with Crippen molar-refractivity contribution in [3.05, 3.63) is 42.5 Å². The van der Waals surface area contributed by atoms with Crippen LogP contribution in [0.25, 0.3) is 0 Å². The first kappa shape index (κ1) is 16.8. The molecule has 6 nitrogen and oxygen atoms in total. The molecule has 0 bridgehead atoms. The van der Waals surface area contributed by atoms with Crippen LogP contribution >= 0.6 is 0 Å². The van der Waals surface area contributed by atoms with Crippen LogP contribution in [0.1, 0.15) is 13.3 Å². The molecular formula is C20H23NO5. The highest BCUT2D eigenvalue weighted by Crippen LogP contribution is 2.40. The second-order valence-corrected chi connectivity index (χ2v) is 6.43. The van der Waals surface area contributed by atoms with Crippen LogP contribution in [0.15, 0.2) is 42.5 Å². The van der Waals surface area contributed by atoms with Crippen LogP contribution in [-0.2, 0) is 0 Å². The number of hydrogen-bond donors (Lipinski definition) is 1. The predicted molar refractivity (Wildman–Crippen MR) is 96.5 cm³/mol. The first-order valence-corrected chi connectivity index (χ1v) is 8.93. The summed E-state index contributed by atoms with van der Waals surface area (Å²) in [6.07, 6.45) is 0.880. The molecule has 138 valence electrons. The third-order valence-electron chi connectivity index (χ3n) is 4.43. The van der Waals surface area contributed by atoms with Gasteiger partial charge in [-0.1, -0.05) is 18.2 Å². The second-order valence-electron chi connectivity index (χ2n) is 6.43. The minimum absolute atomic E-state index is 0.0104. The van der Waals surface area contributed by atoms with Crippen molar-refractivity contribution in [3.8, 4) is 28.7 Å². The highest BCUT2D eigenvalue weighted by atomic mass is 16.7. The molecule has 2 heterocycles. The standard InChI is InChI=1S/C20H23NO5/c1-14(9-10-22-18-7-4-8-19-20(18)25-13-24-19)21-11-15-12-23-16-5-2-3-6-17(16)26-15/h2-8,14-15,21H,9-13H2,1H3. The van der Waals surface area contributed by atoms with Crippen molar-refractivity contribution >= 4 is 0 Å². The van der Waals surface area contributed by atoms with Crippen LogP contribution in [0.2, 0.25) is 0 Å².